The van der Waals surface area contributed by atoms with E-state index in [9.17, 15) is 9.59 Å². The molecule has 0 aromatic heterocycles. The first-order valence-corrected chi connectivity index (χ1v) is 4.91. The Morgan fingerprint density at radius 3 is 2.27 bits per heavy atom. The van der Waals surface area contributed by atoms with E-state index >= 15 is 0 Å². The lowest BCUT2D eigenvalue weighted by molar-refractivity contribution is -0.128. The van der Waals surface area contributed by atoms with Gasteiger partial charge in [-0.3, -0.25) is 4.79 Å². The number of nitrogens with two attached hydrogens (primary N) is 1. The van der Waals surface area contributed by atoms with E-state index in [4.69, 9.17) is 5.73 Å². The average Bonchev–Trinajstić information content (AvgIpc) is 2.14. The Hall–Kier alpha value is -1.10. The number of hydrogen-bond donors (Lipinski definition) is 2. The first-order valence-electron chi connectivity index (χ1n) is 4.91. The number of ketones is 1. The molecule has 1 amide bonds. The third-order valence-electron chi connectivity index (χ3n) is 1.99. The minimum Gasteiger partial charge on any atom is -0.453 e. The molecule has 0 rings (SSSR count). The van der Waals surface area contributed by atoms with Crippen LogP contribution in [0.15, 0.2) is 0 Å². The maximum Gasteiger partial charge on any atom is 0.407 e. The molecule has 0 aliphatic rings. The zero-order valence-corrected chi connectivity index (χ0v) is 9.79. The highest BCUT2D eigenvalue weighted by Crippen LogP contribution is 2.18. The number of hydrogen-bond acceptors (Lipinski definition) is 4. The van der Waals surface area contributed by atoms with Gasteiger partial charge in [0.2, 0.25) is 0 Å². The minimum atomic E-state index is -0.606. The zero-order valence-electron chi connectivity index (χ0n) is 9.79. The molecule has 0 fully saturated rings. The van der Waals surface area contributed by atoms with Crippen molar-refractivity contribution >= 4 is 11.9 Å². The number of carbonyl (C=O) groups is 2. The van der Waals surface area contributed by atoms with Crippen molar-refractivity contribution in [2.24, 2.45) is 11.1 Å². The van der Waals surface area contributed by atoms with Crippen LogP contribution >= 0.6 is 0 Å². The fraction of sp³-hybridized carbons (Fsp3) is 0.800. The Balaban J connectivity index is 4.52. The number of rotatable bonds is 4. The van der Waals surface area contributed by atoms with Gasteiger partial charge in [0.1, 0.15) is 0 Å². The van der Waals surface area contributed by atoms with Crippen LogP contribution in [0.25, 0.3) is 0 Å². The molecule has 1 atom stereocenters. The summed E-state index contributed by atoms with van der Waals surface area (Å²) in [6, 6.07) is -0.567. The normalized spacial score (nSPS) is 13.1. The van der Waals surface area contributed by atoms with E-state index in [1.54, 1.807) is 20.8 Å². The molecule has 0 aromatic carbocycles. The van der Waals surface area contributed by atoms with Crippen LogP contribution in [0.4, 0.5) is 4.79 Å². The molecule has 3 N–H and O–H groups in total. The van der Waals surface area contributed by atoms with E-state index in [0.717, 1.165) is 0 Å². The number of Topliss-reactive ketones (excluding diaryl/α,β-unsaturated/α-hetero) is 1. The van der Waals surface area contributed by atoms with E-state index in [0.29, 0.717) is 13.0 Å². The molecule has 5 nitrogen and oxygen atoms in total. The van der Waals surface area contributed by atoms with E-state index < -0.39 is 17.6 Å². The summed E-state index contributed by atoms with van der Waals surface area (Å²) in [5.74, 6) is -0.0432. The molecule has 0 saturated carbocycles. The SMILES string of the molecule is COC(=O)N[C@@H](CCN)C(=O)C(C)(C)C. The van der Waals surface area contributed by atoms with Gasteiger partial charge in [-0.05, 0) is 13.0 Å². The van der Waals surface area contributed by atoms with Gasteiger partial charge in [-0.2, -0.15) is 0 Å². The van der Waals surface area contributed by atoms with Gasteiger partial charge in [0.15, 0.2) is 5.78 Å². The molecule has 0 aliphatic carbocycles. The summed E-state index contributed by atoms with van der Waals surface area (Å²) in [5.41, 5.74) is 4.88. The van der Waals surface area contributed by atoms with Gasteiger partial charge in [-0.1, -0.05) is 20.8 Å². The fourth-order valence-corrected chi connectivity index (χ4v) is 1.16. The summed E-state index contributed by atoms with van der Waals surface area (Å²) in [6.45, 7) is 5.75. The number of methoxy groups -OCH3 is 1. The standard InChI is InChI=1S/C10H20N2O3/c1-10(2,3)8(13)7(5-6-11)12-9(14)15-4/h7H,5-6,11H2,1-4H3,(H,12,14)/t7-/m0/s1. The summed E-state index contributed by atoms with van der Waals surface area (Å²) < 4.78 is 4.45. The average molecular weight is 216 g/mol. The number of nitrogens with one attached hydrogen (secondary N) is 1. The summed E-state index contributed by atoms with van der Waals surface area (Å²) in [7, 11) is 1.26. The van der Waals surface area contributed by atoms with Crippen LogP contribution in [0.3, 0.4) is 0 Å². The molecule has 0 aliphatic heterocycles. The lowest BCUT2D eigenvalue weighted by Gasteiger charge is -2.24. The number of alkyl carbamates (subject to hydrolysis) is 1. The largest absolute Gasteiger partial charge is 0.453 e. The Morgan fingerprint density at radius 1 is 1.40 bits per heavy atom. The highest BCUT2D eigenvalue weighted by atomic mass is 16.5. The minimum absolute atomic E-state index is 0.0432. The molecular formula is C10H20N2O3. The van der Waals surface area contributed by atoms with Gasteiger partial charge in [-0.15, -0.1) is 0 Å². The molecule has 88 valence electrons. The Kier molecular flexibility index (Phi) is 5.28. The van der Waals surface area contributed by atoms with Crippen LogP contribution in [0.2, 0.25) is 0 Å². The number of carbonyl (C=O) groups excluding carboxylic acids is 2. The Bertz CT molecular complexity index is 233. The molecule has 0 bridgehead atoms. The fourth-order valence-electron chi connectivity index (χ4n) is 1.16. The van der Waals surface area contributed by atoms with Crippen molar-refractivity contribution in [1.82, 2.24) is 5.32 Å². The van der Waals surface area contributed by atoms with Gasteiger partial charge in [-0.25, -0.2) is 4.79 Å². The van der Waals surface area contributed by atoms with Crippen molar-refractivity contribution < 1.29 is 14.3 Å². The van der Waals surface area contributed by atoms with Gasteiger partial charge < -0.3 is 15.8 Å². The van der Waals surface area contributed by atoms with Crippen molar-refractivity contribution in [1.29, 1.82) is 0 Å². The van der Waals surface area contributed by atoms with E-state index in [2.05, 4.69) is 10.1 Å². The first kappa shape index (κ1) is 13.9. The van der Waals surface area contributed by atoms with Crippen molar-refractivity contribution in [2.45, 2.75) is 33.2 Å². The third kappa shape index (κ3) is 4.78. The van der Waals surface area contributed by atoms with E-state index in [1.807, 2.05) is 0 Å². The van der Waals surface area contributed by atoms with Crippen LogP contribution in [0.5, 0.6) is 0 Å². The second-order valence-corrected chi connectivity index (χ2v) is 4.38. The quantitative estimate of drug-likeness (QED) is 0.724. The summed E-state index contributed by atoms with van der Waals surface area (Å²) in [6.07, 6.45) is -0.184. The Morgan fingerprint density at radius 2 is 1.93 bits per heavy atom. The van der Waals surface area contributed by atoms with Gasteiger partial charge in [0, 0.05) is 5.41 Å². The lowest BCUT2D eigenvalue weighted by atomic mass is 9.85. The molecule has 0 aromatic rings. The van der Waals surface area contributed by atoms with Crippen LogP contribution in [-0.2, 0) is 9.53 Å². The molecule has 0 unspecified atom stereocenters. The van der Waals surface area contributed by atoms with E-state index in [-0.39, 0.29) is 5.78 Å². The maximum atomic E-state index is 11.9. The van der Waals surface area contributed by atoms with Crippen LogP contribution < -0.4 is 11.1 Å². The highest BCUT2D eigenvalue weighted by Gasteiger charge is 2.30. The van der Waals surface area contributed by atoms with Crippen molar-refractivity contribution in [2.75, 3.05) is 13.7 Å². The molecule has 0 saturated heterocycles. The van der Waals surface area contributed by atoms with E-state index in [1.165, 1.54) is 7.11 Å². The van der Waals surface area contributed by atoms with Crippen molar-refractivity contribution in [3.8, 4) is 0 Å². The Labute approximate surface area is 90.4 Å². The number of ether oxygens (including phenoxy) is 1. The van der Waals surface area contributed by atoms with Gasteiger partial charge in [0.05, 0.1) is 13.2 Å². The van der Waals surface area contributed by atoms with Crippen molar-refractivity contribution in [3.63, 3.8) is 0 Å². The second kappa shape index (κ2) is 5.70. The predicted molar refractivity (Wildman–Crippen MR) is 57.5 cm³/mol. The first-order chi connectivity index (χ1) is 6.82. The number of amides is 1. The maximum absolute atomic E-state index is 11.9. The van der Waals surface area contributed by atoms with Gasteiger partial charge in [0.25, 0.3) is 0 Å². The smallest absolute Gasteiger partial charge is 0.407 e. The third-order valence-corrected chi connectivity index (χ3v) is 1.99. The van der Waals surface area contributed by atoms with Crippen LogP contribution in [0, 0.1) is 5.41 Å². The van der Waals surface area contributed by atoms with Crippen LogP contribution in [-0.4, -0.2) is 31.6 Å². The van der Waals surface area contributed by atoms with Gasteiger partial charge >= 0.3 is 6.09 Å². The summed E-state index contributed by atoms with van der Waals surface area (Å²) in [4.78, 5) is 22.9. The molecule has 15 heavy (non-hydrogen) atoms. The lowest BCUT2D eigenvalue weighted by Crippen LogP contribution is -2.46. The summed E-state index contributed by atoms with van der Waals surface area (Å²) in [5, 5.41) is 2.48. The second-order valence-electron chi connectivity index (χ2n) is 4.38. The zero-order chi connectivity index (χ0) is 12.1. The molecule has 0 spiro atoms. The summed E-state index contributed by atoms with van der Waals surface area (Å²) >= 11 is 0. The monoisotopic (exact) mass is 216 g/mol. The molecular weight excluding hydrogens is 196 g/mol. The molecule has 5 heteroatoms. The molecule has 0 heterocycles. The topological polar surface area (TPSA) is 81.4 Å². The van der Waals surface area contributed by atoms with Crippen molar-refractivity contribution in [3.05, 3.63) is 0 Å². The predicted octanol–water partition coefficient (Wildman–Crippen LogP) is 0.675. The van der Waals surface area contributed by atoms with Crippen LogP contribution in [0.1, 0.15) is 27.2 Å². The molecule has 0 radical (unpaired) electrons. The highest BCUT2D eigenvalue weighted by molar-refractivity contribution is 5.91.